The van der Waals surface area contributed by atoms with E-state index in [1.54, 1.807) is 47.2 Å². The molecule has 4 aromatic carbocycles. The van der Waals surface area contributed by atoms with Gasteiger partial charge in [0.15, 0.2) is 10.9 Å². The largest absolute Gasteiger partial charge is 0.422 e. The molecule has 0 amide bonds. The molecule has 0 radical (unpaired) electrons. The SMILES string of the molecule is O=C(CSc1nc(-c2ccc([N+](=O)[O-])cc2)cn1-c1ccc(Cl)cc1)c1cc2c(ccc3ccccc32)oc1=O. The van der Waals surface area contributed by atoms with Crippen molar-refractivity contribution in [1.82, 2.24) is 9.55 Å². The van der Waals surface area contributed by atoms with Crippen LogP contribution in [0.2, 0.25) is 5.02 Å². The number of aromatic nitrogens is 2. The fourth-order valence-corrected chi connectivity index (χ4v) is 5.42. The summed E-state index contributed by atoms with van der Waals surface area (Å²) in [5.74, 6) is -0.457. The minimum Gasteiger partial charge on any atom is -0.422 e. The first-order valence-electron chi connectivity index (χ1n) is 12.1. The van der Waals surface area contributed by atoms with Gasteiger partial charge < -0.3 is 4.42 Å². The van der Waals surface area contributed by atoms with Gasteiger partial charge in [-0.2, -0.15) is 0 Å². The smallest absolute Gasteiger partial charge is 0.347 e. The Morgan fingerprint density at radius 1 is 0.975 bits per heavy atom. The fraction of sp³-hybridized carbons (Fsp3) is 0.0333. The first kappa shape index (κ1) is 25.5. The van der Waals surface area contributed by atoms with Crippen molar-refractivity contribution in [2.75, 3.05) is 5.75 Å². The molecule has 2 aromatic heterocycles. The van der Waals surface area contributed by atoms with E-state index in [9.17, 15) is 19.7 Å². The number of halogens is 1. The lowest BCUT2D eigenvalue weighted by atomic mass is 10.0. The minimum atomic E-state index is -0.694. The maximum Gasteiger partial charge on any atom is 0.347 e. The molecule has 10 heteroatoms. The van der Waals surface area contributed by atoms with E-state index in [0.717, 1.165) is 16.5 Å². The Balaban J connectivity index is 1.34. The lowest BCUT2D eigenvalue weighted by Gasteiger charge is -2.08. The summed E-state index contributed by atoms with van der Waals surface area (Å²) in [7, 11) is 0. The normalized spacial score (nSPS) is 11.2. The quantitative estimate of drug-likeness (QED) is 0.0496. The van der Waals surface area contributed by atoms with Crippen molar-refractivity contribution in [2.24, 2.45) is 0 Å². The molecule has 0 bridgehead atoms. The predicted molar refractivity (Wildman–Crippen MR) is 156 cm³/mol. The summed E-state index contributed by atoms with van der Waals surface area (Å²) in [6.45, 7) is 0. The molecule has 0 N–H and O–H groups in total. The number of hydrogen-bond acceptors (Lipinski definition) is 7. The number of Topliss-reactive ketones (excluding diaryl/α,β-unsaturated/α-hetero) is 1. The molecule has 0 saturated carbocycles. The van der Waals surface area contributed by atoms with E-state index in [-0.39, 0.29) is 17.0 Å². The molecule has 6 rings (SSSR count). The van der Waals surface area contributed by atoms with Crippen LogP contribution in [0.5, 0.6) is 0 Å². The molecule has 40 heavy (non-hydrogen) atoms. The van der Waals surface area contributed by atoms with Gasteiger partial charge in [0.1, 0.15) is 11.1 Å². The van der Waals surface area contributed by atoms with Crippen LogP contribution in [-0.2, 0) is 0 Å². The van der Waals surface area contributed by atoms with Gasteiger partial charge in [-0.15, -0.1) is 0 Å². The number of non-ortho nitro benzene ring substituents is 1. The zero-order valence-corrected chi connectivity index (χ0v) is 22.2. The summed E-state index contributed by atoms with van der Waals surface area (Å²) in [5, 5.41) is 14.7. The zero-order chi connectivity index (χ0) is 27.8. The van der Waals surface area contributed by atoms with Crippen molar-refractivity contribution in [3.8, 4) is 16.9 Å². The van der Waals surface area contributed by atoms with Gasteiger partial charge >= 0.3 is 5.63 Å². The van der Waals surface area contributed by atoms with Crippen molar-refractivity contribution in [2.45, 2.75) is 5.16 Å². The Kier molecular flexibility index (Phi) is 6.67. The average Bonchev–Trinajstić information content (AvgIpc) is 3.40. The van der Waals surface area contributed by atoms with Crippen molar-refractivity contribution < 1.29 is 14.1 Å². The van der Waals surface area contributed by atoms with Gasteiger partial charge in [-0.05, 0) is 59.3 Å². The van der Waals surface area contributed by atoms with E-state index in [2.05, 4.69) is 0 Å². The molecule has 0 unspecified atom stereocenters. The number of thioether (sulfide) groups is 1. The summed E-state index contributed by atoms with van der Waals surface area (Å²) in [4.78, 5) is 41.3. The van der Waals surface area contributed by atoms with Gasteiger partial charge in [0.05, 0.1) is 16.4 Å². The van der Waals surface area contributed by atoms with E-state index in [1.807, 2.05) is 42.5 Å². The van der Waals surface area contributed by atoms with Gasteiger partial charge in [-0.1, -0.05) is 53.7 Å². The number of rotatable bonds is 7. The van der Waals surface area contributed by atoms with Crippen LogP contribution in [0.4, 0.5) is 5.69 Å². The van der Waals surface area contributed by atoms with Crippen molar-refractivity contribution in [3.63, 3.8) is 0 Å². The first-order chi connectivity index (χ1) is 19.4. The van der Waals surface area contributed by atoms with Crippen LogP contribution in [0, 0.1) is 10.1 Å². The lowest BCUT2D eigenvalue weighted by molar-refractivity contribution is -0.384. The highest BCUT2D eigenvalue weighted by Crippen LogP contribution is 2.30. The van der Waals surface area contributed by atoms with E-state index in [4.69, 9.17) is 21.0 Å². The molecule has 0 aliphatic carbocycles. The summed E-state index contributed by atoms with van der Waals surface area (Å²) in [6.07, 6.45) is 1.79. The number of nitro groups is 1. The van der Waals surface area contributed by atoms with Crippen molar-refractivity contribution in [1.29, 1.82) is 0 Å². The first-order valence-corrected chi connectivity index (χ1v) is 13.5. The van der Waals surface area contributed by atoms with E-state index in [0.29, 0.717) is 32.4 Å². The number of carbonyl (C=O) groups excluding carboxylic acids is 1. The summed E-state index contributed by atoms with van der Waals surface area (Å²) in [6, 6.07) is 26.1. The predicted octanol–water partition coefficient (Wildman–Crippen LogP) is 7.34. The summed E-state index contributed by atoms with van der Waals surface area (Å²) < 4.78 is 7.31. The molecule has 0 saturated heterocycles. The van der Waals surface area contributed by atoms with Crippen LogP contribution in [0.1, 0.15) is 10.4 Å². The second-order valence-corrected chi connectivity index (χ2v) is 10.3. The average molecular weight is 568 g/mol. The topological polar surface area (TPSA) is 108 Å². The number of nitro benzene ring substituents is 1. The van der Waals surface area contributed by atoms with Crippen LogP contribution in [0.3, 0.4) is 0 Å². The number of carbonyl (C=O) groups is 1. The van der Waals surface area contributed by atoms with Gasteiger partial charge in [0.2, 0.25) is 0 Å². The molecule has 0 fully saturated rings. The third-order valence-electron chi connectivity index (χ3n) is 6.43. The Hall–Kier alpha value is -4.73. The zero-order valence-electron chi connectivity index (χ0n) is 20.6. The second kappa shape index (κ2) is 10.4. The number of benzene rings is 4. The van der Waals surface area contributed by atoms with Gasteiger partial charge in [0, 0.05) is 40.0 Å². The molecule has 0 spiro atoms. The third-order valence-corrected chi connectivity index (χ3v) is 7.63. The van der Waals surface area contributed by atoms with Crippen LogP contribution < -0.4 is 5.63 Å². The molecule has 2 heterocycles. The fourth-order valence-electron chi connectivity index (χ4n) is 4.42. The number of fused-ring (bicyclic) bond motifs is 3. The van der Waals surface area contributed by atoms with Crippen LogP contribution >= 0.6 is 23.4 Å². The number of imidazole rings is 1. The van der Waals surface area contributed by atoms with Crippen molar-refractivity contribution in [3.05, 3.63) is 128 Å². The van der Waals surface area contributed by atoms with Gasteiger partial charge in [-0.25, -0.2) is 9.78 Å². The van der Waals surface area contributed by atoms with E-state index >= 15 is 0 Å². The maximum atomic E-state index is 13.3. The third kappa shape index (κ3) is 4.88. The molecule has 0 aliphatic rings. The second-order valence-electron chi connectivity index (χ2n) is 8.92. The highest BCUT2D eigenvalue weighted by Gasteiger charge is 2.19. The highest BCUT2D eigenvalue weighted by atomic mass is 35.5. The maximum absolute atomic E-state index is 13.3. The van der Waals surface area contributed by atoms with E-state index in [1.165, 1.54) is 23.9 Å². The highest BCUT2D eigenvalue weighted by molar-refractivity contribution is 7.99. The van der Waals surface area contributed by atoms with Gasteiger partial charge in [-0.3, -0.25) is 19.5 Å². The Morgan fingerprint density at radius 3 is 2.48 bits per heavy atom. The molecular formula is C30H18ClN3O5S. The Bertz CT molecular complexity index is 1980. The van der Waals surface area contributed by atoms with Crippen LogP contribution in [-0.4, -0.2) is 26.0 Å². The van der Waals surface area contributed by atoms with Crippen LogP contribution in [0.25, 0.3) is 38.7 Å². The van der Waals surface area contributed by atoms with Crippen LogP contribution in [0.15, 0.2) is 112 Å². The van der Waals surface area contributed by atoms with E-state index < -0.39 is 16.3 Å². The molecule has 6 aromatic rings. The standard InChI is InChI=1S/C30H18ClN3O5S/c31-20-8-12-21(13-9-20)33-16-26(19-5-10-22(11-6-19)34(37)38)32-30(33)40-17-27(35)25-15-24-23-4-2-1-3-18(23)7-14-28(24)39-29(25)36/h1-16H,17H2. The minimum absolute atomic E-state index is 0.0249. The Morgan fingerprint density at radius 2 is 1.73 bits per heavy atom. The summed E-state index contributed by atoms with van der Waals surface area (Å²) in [5.41, 5.74) is 1.67. The molecule has 8 nitrogen and oxygen atoms in total. The monoisotopic (exact) mass is 567 g/mol. The molecule has 196 valence electrons. The molecule has 0 atom stereocenters. The van der Waals surface area contributed by atoms with Crippen molar-refractivity contribution >= 4 is 56.6 Å². The molecule has 0 aliphatic heterocycles. The Labute approximate surface area is 236 Å². The molecular weight excluding hydrogens is 550 g/mol. The number of ketones is 1. The lowest BCUT2D eigenvalue weighted by Crippen LogP contribution is -2.16. The van der Waals surface area contributed by atoms with Gasteiger partial charge in [0.25, 0.3) is 5.69 Å². The number of hydrogen-bond donors (Lipinski definition) is 0. The number of nitrogens with zero attached hydrogens (tertiary/aromatic N) is 3. The summed E-state index contributed by atoms with van der Waals surface area (Å²) >= 11 is 7.25.